The van der Waals surface area contributed by atoms with Crippen LogP contribution in [0.4, 0.5) is 0 Å². The standard InChI is InChI=1S/C14H18O4/c1-3-10(2)13(16)14(17)18-9-12(15)11-7-5-4-6-8-11/h4-8,10,13,16H,3,9H2,1-2H3/t10-,13-/m0/s1. The number of rotatable bonds is 6. The van der Waals surface area contributed by atoms with Gasteiger partial charge >= 0.3 is 5.97 Å². The smallest absolute Gasteiger partial charge is 0.335 e. The van der Waals surface area contributed by atoms with Gasteiger partial charge in [0.1, 0.15) is 0 Å². The molecular formula is C14H18O4. The van der Waals surface area contributed by atoms with Gasteiger partial charge in [-0.15, -0.1) is 0 Å². The minimum Gasteiger partial charge on any atom is -0.455 e. The van der Waals surface area contributed by atoms with Gasteiger partial charge in [0, 0.05) is 5.56 Å². The Bertz CT molecular complexity index is 400. The molecule has 0 amide bonds. The summed E-state index contributed by atoms with van der Waals surface area (Å²) < 4.78 is 4.80. The molecule has 2 atom stereocenters. The van der Waals surface area contributed by atoms with Crippen molar-refractivity contribution in [3.05, 3.63) is 35.9 Å². The van der Waals surface area contributed by atoms with E-state index in [1.54, 1.807) is 37.3 Å². The van der Waals surface area contributed by atoms with Crippen LogP contribution >= 0.6 is 0 Å². The quantitative estimate of drug-likeness (QED) is 0.618. The highest BCUT2D eigenvalue weighted by Crippen LogP contribution is 2.09. The van der Waals surface area contributed by atoms with Crippen molar-refractivity contribution in [1.82, 2.24) is 0 Å². The van der Waals surface area contributed by atoms with E-state index in [0.717, 1.165) is 0 Å². The molecule has 1 N–H and O–H groups in total. The minimum atomic E-state index is -1.17. The lowest BCUT2D eigenvalue weighted by Gasteiger charge is -2.15. The molecule has 1 aromatic rings. The van der Waals surface area contributed by atoms with Crippen LogP contribution in [0.3, 0.4) is 0 Å². The molecule has 0 heterocycles. The van der Waals surface area contributed by atoms with Crippen LogP contribution in [-0.4, -0.2) is 29.6 Å². The van der Waals surface area contributed by atoms with E-state index in [4.69, 9.17) is 4.74 Å². The monoisotopic (exact) mass is 250 g/mol. The van der Waals surface area contributed by atoms with Crippen LogP contribution in [0.15, 0.2) is 30.3 Å². The van der Waals surface area contributed by atoms with E-state index in [-0.39, 0.29) is 18.3 Å². The number of Topliss-reactive ketones (excluding diaryl/α,β-unsaturated/α-hetero) is 1. The first-order valence-corrected chi connectivity index (χ1v) is 5.99. The molecule has 0 saturated carbocycles. The molecule has 18 heavy (non-hydrogen) atoms. The Morgan fingerprint density at radius 2 is 1.89 bits per heavy atom. The predicted molar refractivity (Wildman–Crippen MR) is 67.2 cm³/mol. The molecule has 0 aromatic heterocycles. The number of hydrogen-bond acceptors (Lipinski definition) is 4. The molecule has 4 nitrogen and oxygen atoms in total. The number of ether oxygens (including phenoxy) is 1. The number of ketones is 1. The zero-order valence-corrected chi connectivity index (χ0v) is 10.6. The number of aliphatic hydroxyl groups is 1. The summed E-state index contributed by atoms with van der Waals surface area (Å²) in [7, 11) is 0. The van der Waals surface area contributed by atoms with Crippen LogP contribution in [-0.2, 0) is 9.53 Å². The maximum atomic E-state index is 11.7. The molecular weight excluding hydrogens is 232 g/mol. The van der Waals surface area contributed by atoms with Crippen molar-refractivity contribution in [1.29, 1.82) is 0 Å². The van der Waals surface area contributed by atoms with E-state index in [2.05, 4.69) is 0 Å². The molecule has 0 radical (unpaired) electrons. The Morgan fingerprint density at radius 3 is 2.44 bits per heavy atom. The normalized spacial score (nSPS) is 13.7. The lowest BCUT2D eigenvalue weighted by atomic mass is 10.0. The molecule has 0 unspecified atom stereocenters. The second-order valence-corrected chi connectivity index (χ2v) is 4.23. The van der Waals surface area contributed by atoms with Crippen LogP contribution in [0, 0.1) is 5.92 Å². The Kier molecular flexibility index (Phi) is 5.52. The zero-order valence-electron chi connectivity index (χ0n) is 10.6. The largest absolute Gasteiger partial charge is 0.455 e. The SMILES string of the molecule is CC[C@H](C)[C@H](O)C(=O)OCC(=O)c1ccccc1. The fourth-order valence-electron chi connectivity index (χ4n) is 1.39. The van der Waals surface area contributed by atoms with Crippen LogP contribution in [0.1, 0.15) is 30.6 Å². The molecule has 0 bridgehead atoms. The van der Waals surface area contributed by atoms with E-state index in [1.807, 2.05) is 6.92 Å². The third-order valence-corrected chi connectivity index (χ3v) is 2.87. The highest BCUT2D eigenvalue weighted by molar-refractivity contribution is 5.98. The van der Waals surface area contributed by atoms with Crippen molar-refractivity contribution < 1.29 is 19.4 Å². The molecule has 4 heteroatoms. The molecule has 0 spiro atoms. The van der Waals surface area contributed by atoms with Crippen molar-refractivity contribution in [3.8, 4) is 0 Å². The van der Waals surface area contributed by atoms with E-state index in [9.17, 15) is 14.7 Å². The van der Waals surface area contributed by atoms with Crippen molar-refractivity contribution >= 4 is 11.8 Å². The van der Waals surface area contributed by atoms with Gasteiger partial charge in [-0.2, -0.15) is 0 Å². The van der Waals surface area contributed by atoms with Crippen molar-refractivity contribution in [2.75, 3.05) is 6.61 Å². The summed E-state index contributed by atoms with van der Waals surface area (Å²) in [4.78, 5) is 23.1. The summed E-state index contributed by atoms with van der Waals surface area (Å²) in [6, 6.07) is 8.59. The summed E-state index contributed by atoms with van der Waals surface area (Å²) in [5, 5.41) is 9.58. The predicted octanol–water partition coefficient (Wildman–Crippen LogP) is 1.82. The van der Waals surface area contributed by atoms with Gasteiger partial charge in [-0.1, -0.05) is 50.6 Å². The van der Waals surface area contributed by atoms with E-state index in [1.165, 1.54) is 0 Å². The van der Waals surface area contributed by atoms with Crippen molar-refractivity contribution in [2.45, 2.75) is 26.4 Å². The minimum absolute atomic E-state index is 0.177. The maximum Gasteiger partial charge on any atom is 0.335 e. The molecule has 1 aromatic carbocycles. The Hall–Kier alpha value is -1.68. The lowest BCUT2D eigenvalue weighted by molar-refractivity contribution is -0.155. The van der Waals surface area contributed by atoms with Crippen LogP contribution < -0.4 is 0 Å². The summed E-state index contributed by atoms with van der Waals surface area (Å²) in [6.45, 7) is 3.29. The van der Waals surface area contributed by atoms with Gasteiger partial charge in [-0.05, 0) is 5.92 Å². The highest BCUT2D eigenvalue weighted by atomic mass is 16.5. The van der Waals surface area contributed by atoms with Gasteiger partial charge in [-0.25, -0.2) is 4.79 Å². The topological polar surface area (TPSA) is 63.6 Å². The second-order valence-electron chi connectivity index (χ2n) is 4.23. The molecule has 0 fully saturated rings. The number of carbonyl (C=O) groups is 2. The third-order valence-electron chi connectivity index (χ3n) is 2.87. The van der Waals surface area contributed by atoms with E-state index >= 15 is 0 Å². The fraction of sp³-hybridized carbons (Fsp3) is 0.429. The molecule has 98 valence electrons. The first kappa shape index (κ1) is 14.4. The first-order valence-electron chi connectivity index (χ1n) is 5.99. The van der Waals surface area contributed by atoms with Crippen molar-refractivity contribution in [3.63, 3.8) is 0 Å². The summed E-state index contributed by atoms with van der Waals surface area (Å²) in [5.74, 6) is -1.20. The van der Waals surface area contributed by atoms with Gasteiger partial charge in [0.15, 0.2) is 18.5 Å². The summed E-state index contributed by atoms with van der Waals surface area (Å²) >= 11 is 0. The molecule has 0 aliphatic carbocycles. The number of aliphatic hydroxyl groups excluding tert-OH is 1. The first-order chi connectivity index (χ1) is 8.56. The lowest BCUT2D eigenvalue weighted by Crippen LogP contribution is -2.30. The van der Waals surface area contributed by atoms with Gasteiger partial charge in [-0.3, -0.25) is 4.79 Å². The molecule has 0 aliphatic heterocycles. The average molecular weight is 250 g/mol. The maximum absolute atomic E-state index is 11.7. The zero-order chi connectivity index (χ0) is 13.5. The fourth-order valence-corrected chi connectivity index (χ4v) is 1.39. The van der Waals surface area contributed by atoms with Crippen LogP contribution in [0.2, 0.25) is 0 Å². The second kappa shape index (κ2) is 6.91. The molecule has 0 aliphatic rings. The van der Waals surface area contributed by atoms with Crippen LogP contribution in [0.25, 0.3) is 0 Å². The van der Waals surface area contributed by atoms with E-state index < -0.39 is 12.1 Å². The molecule has 1 rings (SSSR count). The summed E-state index contributed by atoms with van der Waals surface area (Å²) in [5.41, 5.74) is 0.489. The third kappa shape index (κ3) is 3.96. The number of hydrogen-bond donors (Lipinski definition) is 1. The Labute approximate surface area is 107 Å². The number of esters is 1. The van der Waals surface area contributed by atoms with Crippen molar-refractivity contribution in [2.24, 2.45) is 5.92 Å². The average Bonchev–Trinajstić information content (AvgIpc) is 2.43. The van der Waals surface area contributed by atoms with Gasteiger partial charge in [0.25, 0.3) is 0 Å². The Balaban J connectivity index is 2.46. The summed E-state index contributed by atoms with van der Waals surface area (Å²) in [6.07, 6.45) is -0.498. The van der Waals surface area contributed by atoms with Gasteiger partial charge < -0.3 is 9.84 Å². The van der Waals surface area contributed by atoms with Gasteiger partial charge in [0.05, 0.1) is 0 Å². The highest BCUT2D eigenvalue weighted by Gasteiger charge is 2.23. The number of carbonyl (C=O) groups excluding carboxylic acids is 2. The number of benzene rings is 1. The van der Waals surface area contributed by atoms with Crippen LogP contribution in [0.5, 0.6) is 0 Å². The molecule has 0 saturated heterocycles. The Morgan fingerprint density at radius 1 is 1.28 bits per heavy atom. The van der Waals surface area contributed by atoms with Gasteiger partial charge in [0.2, 0.25) is 0 Å². The van der Waals surface area contributed by atoms with E-state index in [0.29, 0.717) is 12.0 Å².